The third kappa shape index (κ3) is 4.33. The molecule has 3 nitrogen and oxygen atoms in total. The largest absolute Gasteiger partial charge is 0.573 e. The maximum Gasteiger partial charge on any atom is 0.573 e. The van der Waals surface area contributed by atoms with E-state index in [4.69, 9.17) is 0 Å². The van der Waals surface area contributed by atoms with E-state index < -0.39 is 6.36 Å². The number of hydrogen-bond donors (Lipinski definition) is 1. The van der Waals surface area contributed by atoms with Gasteiger partial charge in [0.05, 0.1) is 6.04 Å². The van der Waals surface area contributed by atoms with Crippen LogP contribution in [-0.2, 0) is 0 Å². The minimum Gasteiger partial charge on any atom is -0.406 e. The number of ether oxygens (including phenoxy) is 1. The van der Waals surface area contributed by atoms with Gasteiger partial charge in [-0.05, 0) is 18.1 Å². The van der Waals surface area contributed by atoms with Crippen molar-refractivity contribution in [3.63, 3.8) is 0 Å². The van der Waals surface area contributed by atoms with Gasteiger partial charge in [-0.15, -0.1) is 13.2 Å². The van der Waals surface area contributed by atoms with Crippen LogP contribution in [0.4, 0.5) is 18.9 Å². The second kappa shape index (κ2) is 5.95. The number of amidine groups is 1. The van der Waals surface area contributed by atoms with Crippen molar-refractivity contribution in [2.24, 2.45) is 10.9 Å². The summed E-state index contributed by atoms with van der Waals surface area (Å²) in [4.78, 5) is 4.49. The number of halogens is 3. The minimum absolute atomic E-state index is 0.244. The summed E-state index contributed by atoms with van der Waals surface area (Å²) >= 11 is 1.57. The first-order valence-corrected chi connectivity index (χ1v) is 7.15. The molecular weight excluding hydrogens is 289 g/mol. The lowest BCUT2D eigenvalue weighted by Crippen LogP contribution is -2.17. The van der Waals surface area contributed by atoms with Crippen LogP contribution in [0.5, 0.6) is 5.75 Å². The zero-order valence-corrected chi connectivity index (χ0v) is 11.9. The van der Waals surface area contributed by atoms with Crippen LogP contribution < -0.4 is 10.1 Å². The van der Waals surface area contributed by atoms with Crippen LogP contribution in [0.25, 0.3) is 0 Å². The van der Waals surface area contributed by atoms with E-state index in [9.17, 15) is 13.2 Å². The second-order valence-corrected chi connectivity index (χ2v) is 5.77. The molecule has 0 fully saturated rings. The van der Waals surface area contributed by atoms with Crippen LogP contribution in [0.1, 0.15) is 13.8 Å². The lowest BCUT2D eigenvalue weighted by Gasteiger charge is -2.11. The van der Waals surface area contributed by atoms with E-state index >= 15 is 0 Å². The monoisotopic (exact) mass is 304 g/mol. The molecule has 0 amide bonds. The van der Waals surface area contributed by atoms with Crippen molar-refractivity contribution >= 4 is 22.6 Å². The van der Waals surface area contributed by atoms with Crippen molar-refractivity contribution in [1.82, 2.24) is 0 Å². The molecule has 2 rings (SSSR count). The molecule has 1 aromatic rings. The number of benzene rings is 1. The standard InChI is InChI=1S/C13H15F3N2OS/c1-8(2)11-7-20-12(18-11)17-9-4-3-5-10(6-9)19-13(14,15)16/h3-6,8,11H,7H2,1-2H3,(H,17,18). The van der Waals surface area contributed by atoms with Gasteiger partial charge in [-0.3, -0.25) is 4.99 Å². The quantitative estimate of drug-likeness (QED) is 0.912. The third-order valence-electron chi connectivity index (χ3n) is 2.76. The molecule has 7 heteroatoms. The Kier molecular flexibility index (Phi) is 4.47. The number of alkyl halides is 3. The second-order valence-electron chi connectivity index (χ2n) is 4.76. The van der Waals surface area contributed by atoms with Gasteiger partial charge >= 0.3 is 6.36 Å². The Bertz CT molecular complexity index is 503. The summed E-state index contributed by atoms with van der Waals surface area (Å²) in [6.45, 7) is 4.19. The van der Waals surface area contributed by atoms with E-state index in [1.165, 1.54) is 18.2 Å². The molecule has 0 spiro atoms. The average molecular weight is 304 g/mol. The van der Waals surface area contributed by atoms with Crippen molar-refractivity contribution < 1.29 is 17.9 Å². The van der Waals surface area contributed by atoms with Gasteiger partial charge in [0.2, 0.25) is 0 Å². The summed E-state index contributed by atoms with van der Waals surface area (Å²) in [7, 11) is 0. The van der Waals surface area contributed by atoms with Gasteiger partial charge in [0.15, 0.2) is 5.17 Å². The summed E-state index contributed by atoms with van der Waals surface area (Å²) in [5, 5.41) is 3.75. The van der Waals surface area contributed by atoms with Crippen LogP contribution in [-0.4, -0.2) is 23.3 Å². The first-order valence-electron chi connectivity index (χ1n) is 6.17. The van der Waals surface area contributed by atoms with E-state index in [0.717, 1.165) is 10.9 Å². The van der Waals surface area contributed by atoms with E-state index in [1.54, 1.807) is 17.8 Å². The molecule has 0 radical (unpaired) electrons. The smallest absolute Gasteiger partial charge is 0.406 e. The van der Waals surface area contributed by atoms with E-state index in [1.807, 2.05) is 0 Å². The molecule has 0 saturated heterocycles. The minimum atomic E-state index is -4.68. The first kappa shape index (κ1) is 15.0. The van der Waals surface area contributed by atoms with Gasteiger partial charge in [-0.2, -0.15) is 0 Å². The predicted molar refractivity (Wildman–Crippen MR) is 75.3 cm³/mol. The van der Waals surface area contributed by atoms with Crippen LogP contribution in [0.3, 0.4) is 0 Å². The highest BCUT2D eigenvalue weighted by molar-refractivity contribution is 8.14. The van der Waals surface area contributed by atoms with Crippen molar-refractivity contribution in [2.45, 2.75) is 26.3 Å². The van der Waals surface area contributed by atoms with Crippen LogP contribution in [0, 0.1) is 5.92 Å². The molecule has 1 aliphatic rings. The fourth-order valence-corrected chi connectivity index (χ4v) is 2.88. The van der Waals surface area contributed by atoms with E-state index in [0.29, 0.717) is 11.6 Å². The van der Waals surface area contributed by atoms with E-state index in [-0.39, 0.29) is 11.8 Å². The fraction of sp³-hybridized carbons (Fsp3) is 0.462. The summed E-state index contributed by atoms with van der Waals surface area (Å²) in [5.41, 5.74) is 0.530. The number of anilines is 1. The Morgan fingerprint density at radius 3 is 2.75 bits per heavy atom. The molecule has 1 heterocycles. The van der Waals surface area contributed by atoms with Crippen LogP contribution in [0.15, 0.2) is 29.3 Å². The van der Waals surface area contributed by atoms with Crippen LogP contribution in [0.2, 0.25) is 0 Å². The van der Waals surface area contributed by atoms with Gasteiger partial charge in [0.1, 0.15) is 5.75 Å². The van der Waals surface area contributed by atoms with Crippen LogP contribution >= 0.6 is 11.8 Å². The summed E-state index contributed by atoms with van der Waals surface area (Å²) in [5.74, 6) is 1.09. The molecule has 1 atom stereocenters. The Labute approximate surface area is 119 Å². The predicted octanol–water partition coefficient (Wildman–Crippen LogP) is 4.12. The number of hydrogen-bond acceptors (Lipinski definition) is 4. The van der Waals surface area contributed by atoms with Gasteiger partial charge in [0, 0.05) is 17.5 Å². The maximum atomic E-state index is 12.1. The normalized spacial score (nSPS) is 19.1. The highest BCUT2D eigenvalue weighted by Crippen LogP contribution is 2.28. The molecule has 1 aliphatic heterocycles. The van der Waals surface area contributed by atoms with Gasteiger partial charge in [-0.1, -0.05) is 31.7 Å². The number of aliphatic imine (C=N–C) groups is 1. The Balaban J connectivity index is 2.04. The first-order chi connectivity index (χ1) is 9.33. The van der Waals surface area contributed by atoms with Crippen molar-refractivity contribution in [3.05, 3.63) is 24.3 Å². The number of nitrogens with one attached hydrogen (secondary N) is 1. The van der Waals surface area contributed by atoms with E-state index in [2.05, 4.69) is 28.9 Å². The average Bonchev–Trinajstić information content (AvgIpc) is 2.75. The molecule has 0 bridgehead atoms. The molecule has 110 valence electrons. The number of rotatable bonds is 3. The maximum absolute atomic E-state index is 12.1. The SMILES string of the molecule is CC(C)C1CSC(Nc2cccc(OC(F)(F)F)c2)=N1. The molecule has 20 heavy (non-hydrogen) atoms. The Morgan fingerprint density at radius 1 is 1.40 bits per heavy atom. The highest BCUT2D eigenvalue weighted by atomic mass is 32.2. The molecule has 0 aliphatic carbocycles. The molecule has 0 saturated carbocycles. The third-order valence-corrected chi connectivity index (χ3v) is 3.75. The van der Waals surface area contributed by atoms with Crippen molar-refractivity contribution in [1.29, 1.82) is 0 Å². The van der Waals surface area contributed by atoms with Crippen molar-refractivity contribution in [2.75, 3.05) is 11.1 Å². The molecule has 1 unspecified atom stereocenters. The van der Waals surface area contributed by atoms with Crippen molar-refractivity contribution in [3.8, 4) is 5.75 Å². The summed E-state index contributed by atoms with van der Waals surface area (Å²) in [6, 6.07) is 5.99. The zero-order chi connectivity index (χ0) is 14.8. The molecule has 1 N–H and O–H groups in total. The summed E-state index contributed by atoms with van der Waals surface area (Å²) in [6.07, 6.45) is -4.68. The molecule has 1 aromatic carbocycles. The summed E-state index contributed by atoms with van der Waals surface area (Å²) < 4.78 is 40.3. The molecular formula is C13H15F3N2OS. The number of thioether (sulfide) groups is 1. The Morgan fingerprint density at radius 2 is 2.15 bits per heavy atom. The molecule has 0 aromatic heterocycles. The van der Waals surface area contributed by atoms with Gasteiger partial charge in [0.25, 0.3) is 0 Å². The zero-order valence-electron chi connectivity index (χ0n) is 11.1. The fourth-order valence-electron chi connectivity index (χ4n) is 1.69. The lowest BCUT2D eigenvalue weighted by atomic mass is 10.1. The van der Waals surface area contributed by atoms with Gasteiger partial charge in [-0.25, -0.2) is 0 Å². The lowest BCUT2D eigenvalue weighted by molar-refractivity contribution is -0.274. The Hall–Kier alpha value is -1.37. The van der Waals surface area contributed by atoms with Gasteiger partial charge < -0.3 is 10.1 Å². The topological polar surface area (TPSA) is 33.6 Å². The highest BCUT2D eigenvalue weighted by Gasteiger charge is 2.31. The number of nitrogens with zero attached hydrogens (tertiary/aromatic N) is 1.